The number of rotatable bonds is 5. The van der Waals surface area contributed by atoms with Gasteiger partial charge >= 0.3 is 0 Å². The minimum atomic E-state index is 0.102. The zero-order valence-corrected chi connectivity index (χ0v) is 12.7. The number of thioether (sulfide) groups is 1. The molecule has 1 aliphatic heterocycles. The topological polar surface area (TPSA) is 59.0 Å². The van der Waals surface area contributed by atoms with Gasteiger partial charge in [-0.25, -0.2) is 0 Å². The van der Waals surface area contributed by atoms with Crippen molar-refractivity contribution in [3.8, 4) is 0 Å². The SMILES string of the molecule is Cc1nnc(SCCCN2Cc3ncccc3C2=O)s1. The van der Waals surface area contributed by atoms with Crippen molar-refractivity contribution in [3.63, 3.8) is 0 Å². The molecule has 3 rings (SSSR count). The highest BCUT2D eigenvalue weighted by molar-refractivity contribution is 8.01. The van der Waals surface area contributed by atoms with Crippen molar-refractivity contribution in [1.82, 2.24) is 20.1 Å². The number of hydrogen-bond donors (Lipinski definition) is 0. The second-order valence-electron chi connectivity index (χ2n) is 4.51. The van der Waals surface area contributed by atoms with E-state index in [1.54, 1.807) is 29.3 Å². The fourth-order valence-electron chi connectivity index (χ4n) is 2.11. The molecule has 5 nitrogen and oxygen atoms in total. The molecule has 0 aromatic carbocycles. The van der Waals surface area contributed by atoms with Crippen LogP contribution in [0.25, 0.3) is 0 Å². The number of carbonyl (C=O) groups is 1. The van der Waals surface area contributed by atoms with Crippen LogP contribution in [0.3, 0.4) is 0 Å². The summed E-state index contributed by atoms with van der Waals surface area (Å²) < 4.78 is 1.00. The Morgan fingerprint density at radius 1 is 1.45 bits per heavy atom. The van der Waals surface area contributed by atoms with Gasteiger partial charge in [-0.2, -0.15) is 0 Å². The smallest absolute Gasteiger partial charge is 0.256 e. The van der Waals surface area contributed by atoms with E-state index in [2.05, 4.69) is 15.2 Å². The number of carbonyl (C=O) groups excluding carboxylic acids is 1. The molecule has 20 heavy (non-hydrogen) atoms. The lowest BCUT2D eigenvalue weighted by Gasteiger charge is -2.14. The summed E-state index contributed by atoms with van der Waals surface area (Å²) >= 11 is 3.31. The van der Waals surface area contributed by atoms with E-state index >= 15 is 0 Å². The van der Waals surface area contributed by atoms with E-state index in [1.165, 1.54) is 0 Å². The Morgan fingerprint density at radius 2 is 2.35 bits per heavy atom. The zero-order chi connectivity index (χ0) is 13.9. The Morgan fingerprint density at radius 3 is 3.10 bits per heavy atom. The third kappa shape index (κ3) is 2.83. The molecular formula is C13H14N4OS2. The highest BCUT2D eigenvalue weighted by atomic mass is 32.2. The molecule has 1 amide bonds. The molecule has 0 spiro atoms. The van der Waals surface area contributed by atoms with Gasteiger partial charge in [0.1, 0.15) is 5.01 Å². The summed E-state index contributed by atoms with van der Waals surface area (Å²) in [6, 6.07) is 3.66. The fraction of sp³-hybridized carbons (Fsp3) is 0.385. The molecule has 0 unspecified atom stereocenters. The van der Waals surface area contributed by atoms with Crippen LogP contribution in [0.2, 0.25) is 0 Å². The van der Waals surface area contributed by atoms with Gasteiger partial charge in [-0.15, -0.1) is 10.2 Å². The Kier molecular flexibility index (Phi) is 3.98. The van der Waals surface area contributed by atoms with Crippen molar-refractivity contribution in [3.05, 3.63) is 34.6 Å². The van der Waals surface area contributed by atoms with Crippen LogP contribution in [0, 0.1) is 6.92 Å². The molecule has 0 fully saturated rings. The summed E-state index contributed by atoms with van der Waals surface area (Å²) in [7, 11) is 0. The second-order valence-corrected chi connectivity index (χ2v) is 7.04. The van der Waals surface area contributed by atoms with E-state index in [0.717, 1.165) is 39.3 Å². The molecule has 0 atom stereocenters. The molecule has 3 heterocycles. The normalized spacial score (nSPS) is 13.8. The summed E-state index contributed by atoms with van der Waals surface area (Å²) in [6.07, 6.45) is 2.69. The second kappa shape index (κ2) is 5.88. The van der Waals surface area contributed by atoms with Crippen molar-refractivity contribution >= 4 is 29.0 Å². The van der Waals surface area contributed by atoms with Crippen molar-refractivity contribution in [2.75, 3.05) is 12.3 Å². The highest BCUT2D eigenvalue weighted by Crippen LogP contribution is 2.24. The van der Waals surface area contributed by atoms with Gasteiger partial charge in [0.05, 0.1) is 17.8 Å². The number of aromatic nitrogens is 3. The minimum Gasteiger partial charge on any atom is -0.333 e. The lowest BCUT2D eigenvalue weighted by Crippen LogP contribution is -2.25. The number of hydrogen-bond acceptors (Lipinski definition) is 6. The van der Waals surface area contributed by atoms with E-state index in [-0.39, 0.29) is 5.91 Å². The van der Waals surface area contributed by atoms with Gasteiger partial charge in [0, 0.05) is 18.5 Å². The van der Waals surface area contributed by atoms with Crippen LogP contribution in [-0.4, -0.2) is 38.3 Å². The molecule has 1 aliphatic rings. The summed E-state index contributed by atoms with van der Waals surface area (Å²) in [6.45, 7) is 3.35. The van der Waals surface area contributed by atoms with E-state index in [1.807, 2.05) is 24.0 Å². The molecule has 0 bridgehead atoms. The Hall–Kier alpha value is -1.47. The van der Waals surface area contributed by atoms with Crippen LogP contribution >= 0.6 is 23.1 Å². The number of fused-ring (bicyclic) bond motifs is 1. The zero-order valence-electron chi connectivity index (χ0n) is 11.1. The predicted octanol–water partition coefficient (Wildman–Crippen LogP) is 2.38. The lowest BCUT2D eigenvalue weighted by atomic mass is 10.2. The van der Waals surface area contributed by atoms with Gasteiger partial charge < -0.3 is 4.90 Å². The molecule has 7 heteroatoms. The maximum Gasteiger partial charge on any atom is 0.256 e. The van der Waals surface area contributed by atoms with Gasteiger partial charge in [0.15, 0.2) is 4.34 Å². The summed E-state index contributed by atoms with van der Waals surface area (Å²) in [4.78, 5) is 18.2. The van der Waals surface area contributed by atoms with Crippen molar-refractivity contribution in [1.29, 1.82) is 0 Å². The summed E-state index contributed by atoms with van der Waals surface area (Å²) in [5, 5.41) is 9.05. The van der Waals surface area contributed by atoms with Gasteiger partial charge in [-0.1, -0.05) is 23.1 Å². The number of amides is 1. The summed E-state index contributed by atoms with van der Waals surface area (Å²) in [5.74, 6) is 1.05. The van der Waals surface area contributed by atoms with Crippen LogP contribution in [0.5, 0.6) is 0 Å². The first-order valence-electron chi connectivity index (χ1n) is 6.40. The van der Waals surface area contributed by atoms with Gasteiger partial charge in [-0.05, 0) is 25.5 Å². The average molecular weight is 306 g/mol. The third-order valence-electron chi connectivity index (χ3n) is 3.05. The largest absolute Gasteiger partial charge is 0.333 e. The quantitative estimate of drug-likeness (QED) is 0.627. The molecule has 0 N–H and O–H groups in total. The first kappa shape index (κ1) is 13.5. The van der Waals surface area contributed by atoms with Gasteiger partial charge in [0.25, 0.3) is 5.91 Å². The monoisotopic (exact) mass is 306 g/mol. The van der Waals surface area contributed by atoms with Crippen molar-refractivity contribution < 1.29 is 4.79 Å². The van der Waals surface area contributed by atoms with Crippen molar-refractivity contribution in [2.45, 2.75) is 24.2 Å². The third-order valence-corrected chi connectivity index (χ3v) is 5.11. The summed E-state index contributed by atoms with van der Waals surface area (Å²) in [5.41, 5.74) is 1.64. The Labute approximate surface area is 125 Å². The molecule has 0 saturated heterocycles. The first-order chi connectivity index (χ1) is 9.74. The van der Waals surface area contributed by atoms with E-state index in [0.29, 0.717) is 6.54 Å². The maximum atomic E-state index is 12.1. The first-order valence-corrected chi connectivity index (χ1v) is 8.20. The van der Waals surface area contributed by atoms with E-state index in [9.17, 15) is 4.79 Å². The highest BCUT2D eigenvalue weighted by Gasteiger charge is 2.27. The minimum absolute atomic E-state index is 0.102. The van der Waals surface area contributed by atoms with Crippen LogP contribution in [-0.2, 0) is 6.54 Å². The average Bonchev–Trinajstić information content (AvgIpc) is 3.00. The Bertz CT molecular complexity index is 628. The molecule has 0 aliphatic carbocycles. The molecular weight excluding hydrogens is 292 g/mol. The molecule has 0 saturated carbocycles. The fourth-order valence-corrected chi connectivity index (χ4v) is 3.92. The van der Waals surface area contributed by atoms with Crippen LogP contribution in [0.1, 0.15) is 27.5 Å². The van der Waals surface area contributed by atoms with Crippen molar-refractivity contribution in [2.24, 2.45) is 0 Å². The Balaban J connectivity index is 1.47. The molecule has 0 radical (unpaired) electrons. The number of nitrogens with zero attached hydrogens (tertiary/aromatic N) is 4. The predicted molar refractivity (Wildman–Crippen MR) is 79.0 cm³/mol. The van der Waals surface area contributed by atoms with Gasteiger partial charge in [0.2, 0.25) is 0 Å². The molecule has 104 valence electrons. The van der Waals surface area contributed by atoms with Crippen LogP contribution < -0.4 is 0 Å². The number of pyridine rings is 1. The standard InChI is InChI=1S/C13H14N4OS2/c1-9-15-16-13(20-9)19-7-3-6-17-8-11-10(12(17)18)4-2-5-14-11/h2,4-5H,3,6-8H2,1H3. The maximum absolute atomic E-state index is 12.1. The molecule has 2 aromatic rings. The molecule has 2 aromatic heterocycles. The van der Waals surface area contributed by atoms with Gasteiger partial charge in [-0.3, -0.25) is 9.78 Å². The van der Waals surface area contributed by atoms with E-state index in [4.69, 9.17) is 0 Å². The van der Waals surface area contributed by atoms with Crippen LogP contribution in [0.15, 0.2) is 22.7 Å². The van der Waals surface area contributed by atoms with Crippen LogP contribution in [0.4, 0.5) is 0 Å². The lowest BCUT2D eigenvalue weighted by molar-refractivity contribution is 0.0778. The number of aryl methyl sites for hydroxylation is 1. The van der Waals surface area contributed by atoms with E-state index < -0.39 is 0 Å².